The molecule has 2 aliphatic carbocycles. The summed E-state index contributed by atoms with van der Waals surface area (Å²) in [7, 11) is 0. The third-order valence-electron chi connectivity index (χ3n) is 6.34. The molecule has 1 saturated carbocycles. The van der Waals surface area contributed by atoms with E-state index in [0.717, 1.165) is 57.1 Å². The van der Waals surface area contributed by atoms with Crippen LogP contribution < -0.4 is 10.9 Å². The van der Waals surface area contributed by atoms with Crippen LogP contribution in [-0.4, -0.2) is 31.8 Å². The van der Waals surface area contributed by atoms with E-state index in [9.17, 15) is 14.4 Å². The zero-order valence-electron chi connectivity index (χ0n) is 15.8. The molecule has 3 aliphatic rings. The van der Waals surface area contributed by atoms with Gasteiger partial charge in [-0.05, 0) is 38.5 Å². The topological polar surface area (TPSA) is 83.8 Å². The second kappa shape index (κ2) is 6.69. The second-order valence-electron chi connectivity index (χ2n) is 8.20. The lowest BCUT2D eigenvalue weighted by molar-refractivity contribution is -0.132. The van der Waals surface area contributed by atoms with E-state index in [1.54, 1.807) is 15.7 Å². The van der Waals surface area contributed by atoms with Crippen molar-refractivity contribution in [1.29, 1.82) is 0 Å². The van der Waals surface area contributed by atoms with Gasteiger partial charge in [-0.25, -0.2) is 9.78 Å². The number of nitrogens with one attached hydrogen (secondary N) is 1. The van der Waals surface area contributed by atoms with Gasteiger partial charge in [0.15, 0.2) is 4.96 Å². The Morgan fingerprint density at radius 3 is 2.57 bits per heavy atom. The van der Waals surface area contributed by atoms with Crippen molar-refractivity contribution >= 4 is 28.2 Å². The van der Waals surface area contributed by atoms with Crippen molar-refractivity contribution in [2.24, 2.45) is 0 Å². The second-order valence-corrected chi connectivity index (χ2v) is 9.26. The lowest BCUT2D eigenvalue weighted by Gasteiger charge is -2.24. The smallest absolute Gasteiger partial charge is 0.323 e. The summed E-state index contributed by atoms with van der Waals surface area (Å²) in [6, 6.07) is 1.12. The molecule has 0 radical (unpaired) electrons. The molecule has 2 aromatic heterocycles. The summed E-state index contributed by atoms with van der Waals surface area (Å²) in [4.78, 5) is 46.2. The van der Waals surface area contributed by atoms with Crippen molar-refractivity contribution in [3.63, 3.8) is 0 Å². The fraction of sp³-hybridized carbons (Fsp3) is 0.600. The van der Waals surface area contributed by atoms with E-state index in [4.69, 9.17) is 0 Å². The minimum Gasteiger partial charge on any atom is -0.323 e. The Hall–Kier alpha value is -2.22. The van der Waals surface area contributed by atoms with E-state index in [1.807, 2.05) is 0 Å². The molecule has 5 rings (SSSR count). The van der Waals surface area contributed by atoms with Crippen LogP contribution in [0.15, 0.2) is 10.9 Å². The Balaban J connectivity index is 1.46. The Labute approximate surface area is 166 Å². The summed E-state index contributed by atoms with van der Waals surface area (Å²) in [6.07, 6.45) is 9.63. The molecular weight excluding hydrogens is 376 g/mol. The monoisotopic (exact) mass is 400 g/mol. The largest absolute Gasteiger partial charge is 0.325 e. The first-order chi connectivity index (χ1) is 13.6. The molecule has 28 heavy (non-hydrogen) atoms. The summed E-state index contributed by atoms with van der Waals surface area (Å²) in [5.41, 5.74) is 0.700. The molecular formula is C20H24N4O3S. The zero-order valence-corrected chi connectivity index (χ0v) is 16.6. The highest BCUT2D eigenvalue weighted by atomic mass is 32.1. The predicted octanol–water partition coefficient (Wildman–Crippen LogP) is 2.78. The molecule has 3 amide bonds. The number of nitrogens with zero attached hydrogens (tertiary/aromatic N) is 3. The number of urea groups is 1. The van der Waals surface area contributed by atoms with Crippen molar-refractivity contribution in [2.45, 2.75) is 76.3 Å². The SMILES string of the molecule is O=C1NC2(CCCCCC2)C(=O)N1Cc1cc(=O)n2c3c(sc2n1)CCCC3. The minimum atomic E-state index is -0.755. The van der Waals surface area contributed by atoms with E-state index in [-0.39, 0.29) is 24.0 Å². The van der Waals surface area contributed by atoms with E-state index in [2.05, 4.69) is 10.3 Å². The maximum Gasteiger partial charge on any atom is 0.325 e. The number of amides is 3. The maximum absolute atomic E-state index is 13.1. The summed E-state index contributed by atoms with van der Waals surface area (Å²) in [5.74, 6) is -0.160. The maximum atomic E-state index is 13.1. The summed E-state index contributed by atoms with van der Waals surface area (Å²) >= 11 is 1.56. The first-order valence-electron chi connectivity index (χ1n) is 10.2. The fourth-order valence-electron chi connectivity index (χ4n) is 4.88. The highest BCUT2D eigenvalue weighted by Crippen LogP contribution is 2.33. The predicted molar refractivity (Wildman–Crippen MR) is 105 cm³/mol. The molecule has 8 heteroatoms. The molecule has 1 N–H and O–H groups in total. The number of fused-ring (bicyclic) bond motifs is 3. The van der Waals surface area contributed by atoms with E-state index in [1.165, 1.54) is 15.8 Å². The number of hydrogen-bond donors (Lipinski definition) is 1. The minimum absolute atomic E-state index is 0.0563. The Kier molecular flexibility index (Phi) is 4.26. The van der Waals surface area contributed by atoms with Crippen molar-refractivity contribution in [3.05, 3.63) is 32.7 Å². The van der Waals surface area contributed by atoms with Gasteiger partial charge in [-0.1, -0.05) is 25.7 Å². The van der Waals surface area contributed by atoms with Gasteiger partial charge in [0.25, 0.3) is 11.5 Å². The van der Waals surface area contributed by atoms with Crippen LogP contribution in [-0.2, 0) is 24.2 Å². The molecule has 0 bridgehead atoms. The number of imide groups is 1. The van der Waals surface area contributed by atoms with Crippen LogP contribution in [0.4, 0.5) is 4.79 Å². The van der Waals surface area contributed by atoms with Gasteiger partial charge < -0.3 is 5.32 Å². The summed E-state index contributed by atoms with van der Waals surface area (Å²) < 4.78 is 1.71. The number of carbonyl (C=O) groups excluding carboxylic acids is 2. The van der Waals surface area contributed by atoms with E-state index < -0.39 is 5.54 Å². The lowest BCUT2D eigenvalue weighted by atomic mass is 9.90. The Bertz CT molecular complexity index is 1020. The molecule has 1 aliphatic heterocycles. The number of thiazole rings is 1. The molecule has 0 atom stereocenters. The van der Waals surface area contributed by atoms with Crippen LogP contribution >= 0.6 is 11.3 Å². The molecule has 3 heterocycles. The molecule has 1 saturated heterocycles. The average molecular weight is 401 g/mol. The number of hydrogen-bond acceptors (Lipinski definition) is 5. The number of rotatable bonds is 2. The third-order valence-corrected chi connectivity index (χ3v) is 7.48. The summed E-state index contributed by atoms with van der Waals surface area (Å²) in [6.45, 7) is 0.0563. The van der Waals surface area contributed by atoms with Crippen LogP contribution in [0.5, 0.6) is 0 Å². The Morgan fingerprint density at radius 1 is 1.04 bits per heavy atom. The molecule has 2 aromatic rings. The first kappa shape index (κ1) is 17.8. The van der Waals surface area contributed by atoms with Gasteiger partial charge in [-0.15, -0.1) is 11.3 Å². The van der Waals surface area contributed by atoms with Crippen LogP contribution in [0.2, 0.25) is 0 Å². The fourth-order valence-corrected chi connectivity index (χ4v) is 6.11. The number of carbonyl (C=O) groups is 2. The van der Waals surface area contributed by atoms with Gasteiger partial charge in [0.1, 0.15) is 5.54 Å². The highest BCUT2D eigenvalue weighted by Gasteiger charge is 2.50. The van der Waals surface area contributed by atoms with Gasteiger partial charge in [-0.2, -0.15) is 0 Å². The molecule has 0 aromatic carbocycles. The highest BCUT2D eigenvalue weighted by molar-refractivity contribution is 7.17. The van der Waals surface area contributed by atoms with Crippen molar-refractivity contribution in [2.75, 3.05) is 0 Å². The normalized spacial score (nSPS) is 21.8. The average Bonchev–Trinajstić information content (AvgIpc) is 3.03. The summed E-state index contributed by atoms with van der Waals surface area (Å²) in [5, 5.41) is 2.95. The van der Waals surface area contributed by atoms with Gasteiger partial charge >= 0.3 is 6.03 Å². The lowest BCUT2D eigenvalue weighted by Crippen LogP contribution is -2.46. The number of aromatic nitrogens is 2. The molecule has 148 valence electrons. The zero-order chi connectivity index (χ0) is 19.3. The molecule has 2 fully saturated rings. The van der Waals surface area contributed by atoms with E-state index in [0.29, 0.717) is 23.5 Å². The van der Waals surface area contributed by atoms with Crippen molar-refractivity contribution in [3.8, 4) is 0 Å². The van der Waals surface area contributed by atoms with Gasteiger partial charge in [0.05, 0.1) is 12.2 Å². The van der Waals surface area contributed by atoms with Crippen LogP contribution in [0, 0.1) is 0 Å². The van der Waals surface area contributed by atoms with Gasteiger partial charge in [0.2, 0.25) is 0 Å². The van der Waals surface area contributed by atoms with Gasteiger partial charge in [0, 0.05) is 16.6 Å². The first-order valence-corrected chi connectivity index (χ1v) is 11.1. The number of aryl methyl sites for hydroxylation is 2. The van der Waals surface area contributed by atoms with Crippen LogP contribution in [0.25, 0.3) is 4.96 Å². The van der Waals surface area contributed by atoms with Crippen molar-refractivity contribution < 1.29 is 9.59 Å². The third kappa shape index (κ3) is 2.77. The van der Waals surface area contributed by atoms with Crippen LogP contribution in [0.1, 0.15) is 67.6 Å². The molecule has 0 unspecified atom stereocenters. The van der Waals surface area contributed by atoms with Crippen molar-refractivity contribution in [1.82, 2.24) is 19.6 Å². The molecule has 7 nitrogen and oxygen atoms in total. The van der Waals surface area contributed by atoms with Gasteiger partial charge in [-0.3, -0.25) is 18.9 Å². The van der Waals surface area contributed by atoms with E-state index >= 15 is 0 Å². The Morgan fingerprint density at radius 2 is 1.79 bits per heavy atom. The molecule has 1 spiro atoms. The quantitative estimate of drug-likeness (QED) is 0.786. The standard InChI is InChI=1S/C20H24N4O3S/c25-16-11-13(21-19-24(16)14-7-3-4-8-15(14)28-19)12-23-17(26)20(22-18(23)27)9-5-1-2-6-10-20/h11H,1-10,12H2,(H,22,27). The van der Waals surface area contributed by atoms with Crippen LogP contribution in [0.3, 0.4) is 0 Å².